The molecule has 0 radical (unpaired) electrons. The fraction of sp³-hybridized carbons (Fsp3) is 0.438. The molecule has 5 heteroatoms. The minimum Gasteiger partial charge on any atom is -0.486 e. The van der Waals surface area contributed by atoms with Gasteiger partial charge in [-0.3, -0.25) is 0 Å². The number of aromatic nitrogens is 1. The molecule has 0 aliphatic carbocycles. The number of nitrogens with two attached hydrogens (primary N) is 1. The first kappa shape index (κ1) is 12.7. The van der Waals surface area contributed by atoms with Gasteiger partial charge < -0.3 is 20.1 Å². The number of ether oxygens (including phenoxy) is 2. The lowest BCUT2D eigenvalue weighted by atomic mass is 10.1. The van der Waals surface area contributed by atoms with Gasteiger partial charge in [0.15, 0.2) is 11.5 Å². The van der Waals surface area contributed by atoms with Crippen LogP contribution in [0.3, 0.4) is 0 Å². The summed E-state index contributed by atoms with van der Waals surface area (Å²) < 4.78 is 11.4. The summed E-state index contributed by atoms with van der Waals surface area (Å²) in [5.41, 5.74) is 5.79. The van der Waals surface area contributed by atoms with Crippen molar-refractivity contribution in [1.29, 1.82) is 0 Å². The summed E-state index contributed by atoms with van der Waals surface area (Å²) in [6.45, 7) is 3.96. The molecule has 5 nitrogen and oxygen atoms in total. The van der Waals surface area contributed by atoms with Gasteiger partial charge in [-0.2, -0.15) is 0 Å². The number of benzene rings is 1. The highest BCUT2D eigenvalue weighted by atomic mass is 16.6. The Labute approximate surface area is 123 Å². The summed E-state index contributed by atoms with van der Waals surface area (Å²) in [5, 5.41) is 2.26. The van der Waals surface area contributed by atoms with E-state index in [1.165, 1.54) is 0 Å². The average Bonchev–Trinajstić information content (AvgIpc) is 3.01. The fourth-order valence-electron chi connectivity index (χ4n) is 3.16. The molecule has 0 saturated carbocycles. The molecule has 0 bridgehead atoms. The molecule has 1 unspecified atom stereocenters. The predicted molar refractivity (Wildman–Crippen MR) is 82.1 cm³/mol. The van der Waals surface area contributed by atoms with Crippen molar-refractivity contribution in [1.82, 2.24) is 4.98 Å². The van der Waals surface area contributed by atoms with Gasteiger partial charge >= 0.3 is 0 Å². The molecule has 1 aromatic heterocycles. The average molecular weight is 285 g/mol. The second-order valence-corrected chi connectivity index (χ2v) is 5.69. The maximum atomic E-state index is 5.79. The zero-order valence-electron chi connectivity index (χ0n) is 11.9. The minimum absolute atomic E-state index is 0.569. The Morgan fingerprint density at radius 3 is 2.81 bits per heavy atom. The maximum absolute atomic E-state index is 5.79. The van der Waals surface area contributed by atoms with Gasteiger partial charge in [0, 0.05) is 24.7 Å². The molecule has 0 amide bonds. The quantitative estimate of drug-likeness (QED) is 0.911. The SMILES string of the molecule is NCC1CCN(c2nccc3cc4c(cc23)OCCO4)C1. The number of hydrogen-bond acceptors (Lipinski definition) is 5. The predicted octanol–water partition coefficient (Wildman–Crippen LogP) is 1.79. The molecule has 4 rings (SSSR count). The Morgan fingerprint density at radius 1 is 1.24 bits per heavy atom. The molecule has 1 saturated heterocycles. The van der Waals surface area contributed by atoms with E-state index < -0.39 is 0 Å². The number of nitrogens with zero attached hydrogens (tertiary/aromatic N) is 2. The molecule has 2 aliphatic heterocycles. The van der Waals surface area contributed by atoms with E-state index in [4.69, 9.17) is 15.2 Å². The van der Waals surface area contributed by atoms with Crippen molar-refractivity contribution < 1.29 is 9.47 Å². The smallest absolute Gasteiger partial charge is 0.162 e. The lowest BCUT2D eigenvalue weighted by molar-refractivity contribution is 0.172. The van der Waals surface area contributed by atoms with Crippen LogP contribution in [-0.2, 0) is 0 Å². The Morgan fingerprint density at radius 2 is 2.05 bits per heavy atom. The monoisotopic (exact) mass is 285 g/mol. The zero-order valence-corrected chi connectivity index (χ0v) is 11.9. The first-order valence-corrected chi connectivity index (χ1v) is 7.48. The number of fused-ring (bicyclic) bond motifs is 2. The van der Waals surface area contributed by atoms with Crippen LogP contribution < -0.4 is 20.1 Å². The molecular formula is C16H19N3O2. The van der Waals surface area contributed by atoms with Gasteiger partial charge in [0.05, 0.1) is 0 Å². The van der Waals surface area contributed by atoms with E-state index in [9.17, 15) is 0 Å². The van der Waals surface area contributed by atoms with Gasteiger partial charge in [-0.25, -0.2) is 4.98 Å². The zero-order chi connectivity index (χ0) is 14.2. The molecule has 110 valence electrons. The van der Waals surface area contributed by atoms with Gasteiger partial charge in [-0.15, -0.1) is 0 Å². The normalized spacial score (nSPS) is 21.0. The van der Waals surface area contributed by atoms with Gasteiger partial charge in [0.2, 0.25) is 0 Å². The molecular weight excluding hydrogens is 266 g/mol. The summed E-state index contributed by atoms with van der Waals surface area (Å²) in [5.74, 6) is 3.24. The lowest BCUT2D eigenvalue weighted by Gasteiger charge is -2.22. The van der Waals surface area contributed by atoms with Gasteiger partial charge in [-0.1, -0.05) is 0 Å². The van der Waals surface area contributed by atoms with E-state index in [0.29, 0.717) is 19.1 Å². The highest BCUT2D eigenvalue weighted by Crippen LogP contribution is 2.38. The molecule has 2 N–H and O–H groups in total. The van der Waals surface area contributed by atoms with Crippen LogP contribution in [0.15, 0.2) is 24.4 Å². The van der Waals surface area contributed by atoms with Crippen LogP contribution in [0.1, 0.15) is 6.42 Å². The van der Waals surface area contributed by atoms with Crippen LogP contribution >= 0.6 is 0 Å². The Kier molecular flexibility index (Phi) is 3.07. The van der Waals surface area contributed by atoms with Crippen molar-refractivity contribution in [3.8, 4) is 11.5 Å². The molecule has 1 aromatic carbocycles. The Hall–Kier alpha value is -2.01. The van der Waals surface area contributed by atoms with Crippen LogP contribution in [0.2, 0.25) is 0 Å². The highest BCUT2D eigenvalue weighted by Gasteiger charge is 2.24. The van der Waals surface area contributed by atoms with Crippen molar-refractivity contribution in [2.24, 2.45) is 11.7 Å². The van der Waals surface area contributed by atoms with Crippen molar-refractivity contribution in [3.05, 3.63) is 24.4 Å². The fourth-order valence-corrected chi connectivity index (χ4v) is 3.16. The Balaban J connectivity index is 1.78. The summed E-state index contributed by atoms with van der Waals surface area (Å²) in [4.78, 5) is 6.92. The largest absolute Gasteiger partial charge is 0.486 e. The molecule has 1 fully saturated rings. The summed E-state index contributed by atoms with van der Waals surface area (Å²) in [7, 11) is 0. The van der Waals surface area contributed by atoms with Gasteiger partial charge in [0.25, 0.3) is 0 Å². The van der Waals surface area contributed by atoms with Crippen LogP contribution in [0, 0.1) is 5.92 Å². The molecule has 1 atom stereocenters. The summed E-state index contributed by atoms with van der Waals surface area (Å²) in [6, 6.07) is 6.13. The molecule has 2 aromatic rings. The number of rotatable bonds is 2. The van der Waals surface area contributed by atoms with Gasteiger partial charge in [-0.05, 0) is 42.5 Å². The third kappa shape index (κ3) is 2.17. The third-order valence-corrected chi connectivity index (χ3v) is 4.32. The van der Waals surface area contributed by atoms with Crippen LogP contribution in [0.4, 0.5) is 5.82 Å². The van der Waals surface area contributed by atoms with Crippen molar-refractivity contribution in [3.63, 3.8) is 0 Å². The van der Waals surface area contributed by atoms with E-state index in [-0.39, 0.29) is 0 Å². The molecule has 3 heterocycles. The second-order valence-electron chi connectivity index (χ2n) is 5.69. The Bertz CT molecular complexity index is 674. The van der Waals surface area contributed by atoms with Crippen molar-refractivity contribution in [2.45, 2.75) is 6.42 Å². The van der Waals surface area contributed by atoms with E-state index >= 15 is 0 Å². The van der Waals surface area contributed by atoms with E-state index in [1.54, 1.807) is 0 Å². The summed E-state index contributed by atoms with van der Waals surface area (Å²) >= 11 is 0. The van der Waals surface area contributed by atoms with Crippen molar-refractivity contribution >= 4 is 16.6 Å². The number of anilines is 1. The molecule has 2 aliphatic rings. The molecule has 21 heavy (non-hydrogen) atoms. The van der Waals surface area contributed by atoms with E-state index in [1.807, 2.05) is 18.3 Å². The first-order valence-electron chi connectivity index (χ1n) is 7.48. The van der Waals surface area contributed by atoms with E-state index in [2.05, 4.69) is 16.0 Å². The maximum Gasteiger partial charge on any atom is 0.162 e. The number of pyridine rings is 1. The standard InChI is InChI=1S/C16H19N3O2/c17-9-11-2-4-19(10-11)16-13-8-15-14(20-5-6-21-15)7-12(13)1-3-18-16/h1,3,7-8,11H,2,4-6,9-10,17H2. The van der Waals surface area contributed by atoms with Crippen LogP contribution in [-0.4, -0.2) is 37.8 Å². The summed E-state index contributed by atoms with van der Waals surface area (Å²) in [6.07, 6.45) is 3.00. The van der Waals surface area contributed by atoms with Crippen LogP contribution in [0.25, 0.3) is 10.8 Å². The molecule has 0 spiro atoms. The lowest BCUT2D eigenvalue weighted by Crippen LogP contribution is -2.23. The third-order valence-electron chi connectivity index (χ3n) is 4.32. The number of hydrogen-bond donors (Lipinski definition) is 1. The van der Waals surface area contributed by atoms with Crippen LogP contribution in [0.5, 0.6) is 11.5 Å². The topological polar surface area (TPSA) is 60.6 Å². The van der Waals surface area contributed by atoms with E-state index in [0.717, 1.165) is 54.1 Å². The first-order chi connectivity index (χ1) is 10.3. The second kappa shape index (κ2) is 5.07. The minimum atomic E-state index is 0.569. The highest BCUT2D eigenvalue weighted by molar-refractivity contribution is 5.94. The van der Waals surface area contributed by atoms with Gasteiger partial charge in [0.1, 0.15) is 19.0 Å². The van der Waals surface area contributed by atoms with Crippen molar-refractivity contribution in [2.75, 3.05) is 37.7 Å².